The Labute approximate surface area is 687 Å². The van der Waals surface area contributed by atoms with E-state index >= 15 is 0 Å². The molecule has 10 fully saturated rings. The summed E-state index contributed by atoms with van der Waals surface area (Å²) < 4.78 is 5.83. The van der Waals surface area contributed by atoms with E-state index in [0.29, 0.717) is 77.4 Å². The lowest BCUT2D eigenvalue weighted by atomic mass is 9.63. The lowest BCUT2D eigenvalue weighted by molar-refractivity contribution is -0.125. The third-order valence-corrected chi connectivity index (χ3v) is 27.7. The zero-order valence-corrected chi connectivity index (χ0v) is 83.8. The first-order chi connectivity index (χ1) is 48.4. The summed E-state index contributed by atoms with van der Waals surface area (Å²) in [5.74, 6) is 5.46. The molecule has 9 aliphatic heterocycles. The summed E-state index contributed by atoms with van der Waals surface area (Å²) in [6.45, 7) is 130. The van der Waals surface area contributed by atoms with Crippen molar-refractivity contribution in [2.45, 2.75) is 458 Å². The van der Waals surface area contributed by atoms with Gasteiger partial charge in [-0.15, -0.1) is 0 Å². The molecule has 0 N–H and O–H groups in total. The minimum atomic E-state index is 0.254. The van der Waals surface area contributed by atoms with Gasteiger partial charge in [0, 0.05) is 141 Å². The molecule has 1 aliphatic carbocycles. The molecular weight excluding hydrogens is 1330 g/mol. The van der Waals surface area contributed by atoms with Crippen molar-refractivity contribution in [2.75, 3.05) is 111 Å². The molecule has 0 spiro atoms. The van der Waals surface area contributed by atoms with Crippen molar-refractivity contribution in [3.05, 3.63) is 0 Å². The Balaban J connectivity index is 0.000000423. The average Bonchev–Trinajstić information content (AvgIpc) is 1.25. The number of fused-ring (bicyclic) bond motifs is 2. The molecule has 0 amide bonds. The van der Waals surface area contributed by atoms with Gasteiger partial charge in [-0.1, -0.05) is 152 Å². The molecule has 9 saturated heterocycles. The van der Waals surface area contributed by atoms with Gasteiger partial charge in [-0.3, -0.25) is 44.1 Å². The van der Waals surface area contributed by atoms with Crippen LogP contribution in [-0.4, -0.2) is 224 Å². The first-order valence-electron chi connectivity index (χ1n) is 45.8. The van der Waals surface area contributed by atoms with E-state index in [1.807, 2.05) is 0 Å². The number of rotatable bonds is 1. The summed E-state index contributed by atoms with van der Waals surface area (Å²) in [5.41, 5.74) is 6.03. The van der Waals surface area contributed by atoms with Gasteiger partial charge in [0.05, 0.1) is 12.7 Å². The van der Waals surface area contributed by atoms with E-state index in [-0.39, 0.29) is 11.0 Å². The molecule has 0 radical (unpaired) electrons. The maximum Gasteiger partial charge on any atom is 0.0750 e. The highest BCUT2D eigenvalue weighted by Crippen LogP contribution is 2.47. The number of hydrogen-bond donors (Lipinski definition) is 0. The van der Waals surface area contributed by atoms with Crippen LogP contribution >= 0.6 is 0 Å². The number of morpholine rings is 1. The Kier molecular flexibility index (Phi) is 38.5. The number of piperazine rings is 2. The largest absolute Gasteiger partial charge is 0.375 e. The Morgan fingerprint density at radius 2 is 0.514 bits per heavy atom. The van der Waals surface area contributed by atoms with Crippen LogP contribution in [0.4, 0.5) is 0 Å². The van der Waals surface area contributed by atoms with Crippen LogP contribution in [0.3, 0.4) is 0 Å². The highest BCUT2D eigenvalue weighted by atomic mass is 16.5. The molecule has 109 heavy (non-hydrogen) atoms. The van der Waals surface area contributed by atoms with Gasteiger partial charge in [-0.25, -0.2) is 0 Å². The smallest absolute Gasteiger partial charge is 0.0750 e. The molecule has 652 valence electrons. The average molecular weight is 1540 g/mol. The number of likely N-dealkylation sites (tertiary alicyclic amines) is 4. The molecule has 0 aromatic heterocycles. The van der Waals surface area contributed by atoms with Crippen LogP contribution in [0, 0.1) is 73.4 Å². The van der Waals surface area contributed by atoms with Crippen molar-refractivity contribution in [1.82, 2.24) is 44.1 Å². The van der Waals surface area contributed by atoms with Crippen LogP contribution in [0.15, 0.2) is 0 Å². The van der Waals surface area contributed by atoms with Crippen LogP contribution in [-0.2, 0) is 4.74 Å². The third kappa shape index (κ3) is 36.8. The van der Waals surface area contributed by atoms with Crippen molar-refractivity contribution in [1.29, 1.82) is 0 Å². The van der Waals surface area contributed by atoms with E-state index in [4.69, 9.17) is 4.74 Å². The maximum atomic E-state index is 5.83. The van der Waals surface area contributed by atoms with Crippen LogP contribution < -0.4 is 0 Å². The number of hydrogen-bond acceptors (Lipinski definition) is 10. The molecule has 10 aliphatic rings. The first kappa shape index (κ1) is 105. The van der Waals surface area contributed by atoms with E-state index < -0.39 is 0 Å². The SMILES string of the molecule is CC(C)(C)C1CCCC(C(C)(C)C)C1.CC(C)(C)C1CCCN(C(C)(C)C)C1.CC(C)(C)C1CCN(C(C)(C)C)C1.CC(C)(C)C1CCN(C(C)(C)C)CC1.CC(C)(C)C1CN(C(C)(C)C)C1.CC(C)(C)C1CN(C(C)(C)C)CCO1.CC(C)(C)N1CCN(C(C)(C)C)CC1.CC(C)N1CC2CC(C1)N2C(C)(C)C. The Morgan fingerprint density at radius 1 is 0.229 bits per heavy atom. The standard InChI is InChI=1S/C14H28.2C13H27N.C12H24N2.C12H26N2.C12H25NO.C12H25N.C11H23N/c1-13(2,3)11-8-7-9-12(10-11)14(4,5)6;1-12(2,3)11-7-9-14(10-8-11)13(4,5)6;1-12(2,3)11-8-7-9-14(10-11)13(4,5)6;1-9(2)13-7-10-6-11(8-13)14(10)12(3,4)5;1-11(2,3)13-7-9-14(10-8-13)12(4,5)6;1-11(2,3)10-9-13(7-8-14-10)12(4,5)6;1-11(2,3)10-7-8-13(9-10)12(4,5)6;1-10(2,3)9-7-12(8-9)11(4,5)6/h11-12H,7-10H2,1-6H3;2*11H,7-10H2,1-6H3;9-11H,6-8H2,1-5H3;7-10H2,1-6H3;10H,7-9H2,1-6H3;10H,7-9H2,1-6H3;9H,7-8H2,1-6H3. The molecule has 2 bridgehead atoms. The lowest BCUT2D eigenvalue weighted by Crippen LogP contribution is -2.73. The molecule has 1 saturated carbocycles. The van der Waals surface area contributed by atoms with Crippen LogP contribution in [0.5, 0.6) is 0 Å². The van der Waals surface area contributed by atoms with E-state index in [1.165, 1.54) is 156 Å². The molecule has 10 heteroatoms. The Morgan fingerprint density at radius 3 is 0.807 bits per heavy atom. The topological polar surface area (TPSA) is 38.4 Å². The lowest BCUT2D eigenvalue weighted by Gasteiger charge is -2.62. The van der Waals surface area contributed by atoms with Crippen LogP contribution in [0.25, 0.3) is 0 Å². The second-order valence-corrected chi connectivity index (χ2v) is 52.3. The predicted octanol–water partition coefficient (Wildman–Crippen LogP) is 24.6. The monoisotopic (exact) mass is 1540 g/mol. The molecule has 9 heterocycles. The summed E-state index contributed by atoms with van der Waals surface area (Å²) in [7, 11) is 0. The molecular formula is C99H205N9O. The van der Waals surface area contributed by atoms with E-state index in [1.54, 1.807) is 0 Å². The second-order valence-electron chi connectivity index (χ2n) is 52.3. The fraction of sp³-hybridized carbons (Fsp3) is 1.00. The van der Waals surface area contributed by atoms with E-state index in [9.17, 15) is 0 Å². The summed E-state index contributed by atoms with van der Waals surface area (Å²) in [4.78, 5) is 23.5. The zero-order valence-electron chi connectivity index (χ0n) is 83.8. The molecule has 0 aromatic rings. The zero-order chi connectivity index (χ0) is 85.3. The normalized spacial score (nSPS) is 26.7. The number of nitrogens with zero attached hydrogens (tertiary/aromatic N) is 9. The van der Waals surface area contributed by atoms with E-state index in [0.717, 1.165) is 73.3 Å². The molecule has 10 nitrogen and oxygen atoms in total. The fourth-order valence-electron chi connectivity index (χ4n) is 18.1. The van der Waals surface area contributed by atoms with Crippen molar-refractivity contribution >= 4 is 0 Å². The van der Waals surface area contributed by atoms with Gasteiger partial charge in [0.1, 0.15) is 0 Å². The van der Waals surface area contributed by atoms with Gasteiger partial charge in [-0.2, -0.15) is 0 Å². The van der Waals surface area contributed by atoms with Crippen molar-refractivity contribution in [3.63, 3.8) is 0 Å². The highest BCUT2D eigenvalue weighted by Gasteiger charge is 2.50. The Bertz CT molecular complexity index is 2190. The summed E-state index contributed by atoms with van der Waals surface area (Å²) >= 11 is 0. The van der Waals surface area contributed by atoms with Gasteiger partial charge >= 0.3 is 0 Å². The number of ether oxygens (including phenoxy) is 1. The van der Waals surface area contributed by atoms with Gasteiger partial charge < -0.3 is 4.74 Å². The summed E-state index contributed by atoms with van der Waals surface area (Å²) in [5, 5.41) is 0. The minimum Gasteiger partial charge on any atom is -0.375 e. The van der Waals surface area contributed by atoms with Crippen molar-refractivity contribution in [3.8, 4) is 0 Å². The quantitative estimate of drug-likeness (QED) is 0.254. The van der Waals surface area contributed by atoms with Crippen molar-refractivity contribution < 1.29 is 4.74 Å². The minimum absolute atomic E-state index is 0.254. The first-order valence-corrected chi connectivity index (χ1v) is 45.8. The van der Waals surface area contributed by atoms with Crippen molar-refractivity contribution in [2.24, 2.45) is 73.4 Å². The number of piperidine rings is 3. The van der Waals surface area contributed by atoms with Crippen LogP contribution in [0.2, 0.25) is 0 Å². The van der Waals surface area contributed by atoms with Gasteiger partial charge in [-0.05, 0) is 337 Å². The van der Waals surface area contributed by atoms with Gasteiger partial charge in [0.2, 0.25) is 0 Å². The third-order valence-electron chi connectivity index (χ3n) is 27.7. The summed E-state index contributed by atoms with van der Waals surface area (Å²) in [6, 6.07) is 2.38. The van der Waals surface area contributed by atoms with E-state index in [2.05, 4.69) is 370 Å². The molecule has 7 atom stereocenters. The fourth-order valence-corrected chi connectivity index (χ4v) is 18.1. The highest BCUT2D eigenvalue weighted by molar-refractivity contribution is 5.06. The molecule has 7 unspecified atom stereocenters. The Hall–Kier alpha value is -0.400. The molecule has 0 aromatic carbocycles. The predicted molar refractivity (Wildman–Crippen MR) is 488 cm³/mol. The van der Waals surface area contributed by atoms with Gasteiger partial charge in [0.25, 0.3) is 0 Å². The van der Waals surface area contributed by atoms with Gasteiger partial charge in [0.15, 0.2) is 0 Å². The maximum absolute atomic E-state index is 5.83. The summed E-state index contributed by atoms with van der Waals surface area (Å²) in [6.07, 6.45) is 14.5. The second kappa shape index (κ2) is 40.1. The van der Waals surface area contributed by atoms with Crippen LogP contribution in [0.1, 0.15) is 390 Å². The molecule has 10 rings (SSSR count).